The van der Waals surface area contributed by atoms with Crippen LogP contribution in [0.15, 0.2) is 28.9 Å². The Morgan fingerprint density at radius 1 is 1.50 bits per heavy atom. The van der Waals surface area contributed by atoms with Gasteiger partial charge >= 0.3 is 0 Å². The molecule has 1 atom stereocenters. The van der Waals surface area contributed by atoms with Crippen molar-refractivity contribution in [1.82, 2.24) is 4.98 Å². The number of pyridine rings is 1. The number of halogens is 1. The number of aromatic nitrogens is 1. The number of hydrogen-bond acceptors (Lipinski definition) is 3. The largest absolute Gasteiger partial charge is 0.591 e. The highest BCUT2D eigenvalue weighted by Gasteiger charge is 2.27. The highest BCUT2D eigenvalue weighted by Crippen LogP contribution is 2.19. The van der Waals surface area contributed by atoms with Gasteiger partial charge in [0.1, 0.15) is 21.8 Å². The second-order valence-electron chi connectivity index (χ2n) is 4.93. The molecule has 0 bridgehead atoms. The second kappa shape index (κ2) is 7.12. The van der Waals surface area contributed by atoms with Gasteiger partial charge in [-0.05, 0) is 45.7 Å². The first-order chi connectivity index (χ1) is 8.45. The summed E-state index contributed by atoms with van der Waals surface area (Å²) in [5.74, 6) is 0.571. The predicted octanol–water partition coefficient (Wildman–Crippen LogP) is 3.35. The average Bonchev–Trinajstić information content (AvgIpc) is 2.34. The molecule has 18 heavy (non-hydrogen) atoms. The zero-order valence-corrected chi connectivity index (χ0v) is 12.6. The SMILES string of the molecule is CC(C)(C)[S+]([O-])N=C(CCCCl)c1cccnc1. The van der Waals surface area contributed by atoms with Crippen LogP contribution in [0, 0.1) is 0 Å². The van der Waals surface area contributed by atoms with Gasteiger partial charge in [-0.2, -0.15) is 0 Å². The van der Waals surface area contributed by atoms with Gasteiger partial charge in [0.05, 0.1) is 0 Å². The quantitative estimate of drug-likeness (QED) is 0.473. The molecule has 0 aromatic carbocycles. The summed E-state index contributed by atoms with van der Waals surface area (Å²) in [7, 11) is 0. The zero-order valence-electron chi connectivity index (χ0n) is 11.0. The molecule has 0 saturated carbocycles. The van der Waals surface area contributed by atoms with E-state index in [9.17, 15) is 4.55 Å². The van der Waals surface area contributed by atoms with Crippen LogP contribution < -0.4 is 0 Å². The molecule has 1 unspecified atom stereocenters. The Hall–Kier alpha value is -0.580. The van der Waals surface area contributed by atoms with Crippen molar-refractivity contribution in [2.75, 3.05) is 5.88 Å². The van der Waals surface area contributed by atoms with Gasteiger partial charge in [-0.25, -0.2) is 0 Å². The molecule has 0 aliphatic carbocycles. The normalized spacial score (nSPS) is 14.6. The molecule has 0 aliphatic heterocycles. The monoisotopic (exact) mass is 286 g/mol. The maximum Gasteiger partial charge on any atom is 0.144 e. The Morgan fingerprint density at radius 3 is 2.72 bits per heavy atom. The molecule has 1 heterocycles. The molecule has 3 nitrogen and oxygen atoms in total. The summed E-state index contributed by atoms with van der Waals surface area (Å²) in [6.07, 6.45) is 4.99. The van der Waals surface area contributed by atoms with Crippen molar-refractivity contribution in [2.45, 2.75) is 38.4 Å². The summed E-state index contributed by atoms with van der Waals surface area (Å²) in [5, 5.41) is 0. The summed E-state index contributed by atoms with van der Waals surface area (Å²) in [6, 6.07) is 3.78. The highest BCUT2D eigenvalue weighted by molar-refractivity contribution is 7.91. The Kier molecular flexibility index (Phi) is 6.12. The summed E-state index contributed by atoms with van der Waals surface area (Å²) in [5.41, 5.74) is 1.73. The molecule has 1 rings (SSSR count). The van der Waals surface area contributed by atoms with Crippen LogP contribution in [0.4, 0.5) is 0 Å². The maximum atomic E-state index is 12.1. The van der Waals surface area contributed by atoms with E-state index in [0.717, 1.165) is 24.1 Å². The van der Waals surface area contributed by atoms with Gasteiger partial charge in [-0.3, -0.25) is 4.98 Å². The van der Waals surface area contributed by atoms with Crippen molar-refractivity contribution >= 4 is 28.7 Å². The van der Waals surface area contributed by atoms with E-state index in [1.165, 1.54) is 0 Å². The first-order valence-corrected chi connectivity index (χ1v) is 7.55. The Balaban J connectivity index is 2.95. The molecule has 1 aromatic rings. The number of hydrogen-bond donors (Lipinski definition) is 0. The van der Waals surface area contributed by atoms with Crippen LogP contribution in [0.5, 0.6) is 0 Å². The van der Waals surface area contributed by atoms with E-state index in [0.29, 0.717) is 5.88 Å². The molecule has 0 N–H and O–H groups in total. The van der Waals surface area contributed by atoms with Crippen LogP contribution in [0.25, 0.3) is 0 Å². The Labute approximate surface area is 117 Å². The molecule has 0 amide bonds. The van der Waals surface area contributed by atoms with Crippen LogP contribution in [-0.4, -0.2) is 25.9 Å². The van der Waals surface area contributed by atoms with Crippen molar-refractivity contribution in [2.24, 2.45) is 4.40 Å². The van der Waals surface area contributed by atoms with E-state index in [4.69, 9.17) is 11.6 Å². The van der Waals surface area contributed by atoms with Gasteiger partial charge in [0.15, 0.2) is 0 Å². The Bertz CT molecular complexity index is 390. The van der Waals surface area contributed by atoms with Crippen LogP contribution in [0.2, 0.25) is 0 Å². The lowest BCUT2D eigenvalue weighted by molar-refractivity contribution is 0.561. The van der Waals surface area contributed by atoms with Gasteiger partial charge < -0.3 is 4.55 Å². The molecule has 100 valence electrons. The van der Waals surface area contributed by atoms with E-state index in [1.54, 1.807) is 12.4 Å². The molecular formula is C13H19ClN2OS. The first-order valence-electron chi connectivity index (χ1n) is 5.91. The molecule has 0 spiro atoms. The molecule has 0 radical (unpaired) electrons. The zero-order chi connectivity index (χ0) is 13.6. The third-order valence-electron chi connectivity index (χ3n) is 2.26. The van der Waals surface area contributed by atoms with Crippen LogP contribution in [0.3, 0.4) is 0 Å². The van der Waals surface area contributed by atoms with Gasteiger partial charge in [0, 0.05) is 23.8 Å². The fraction of sp³-hybridized carbons (Fsp3) is 0.538. The van der Waals surface area contributed by atoms with Gasteiger partial charge in [0.25, 0.3) is 0 Å². The van der Waals surface area contributed by atoms with E-state index in [-0.39, 0.29) is 4.75 Å². The maximum absolute atomic E-state index is 12.1. The third kappa shape index (κ3) is 4.96. The fourth-order valence-electron chi connectivity index (χ4n) is 1.25. The number of nitrogens with zero attached hydrogens (tertiary/aromatic N) is 2. The molecule has 1 aromatic heterocycles. The van der Waals surface area contributed by atoms with E-state index >= 15 is 0 Å². The van der Waals surface area contributed by atoms with Crippen molar-refractivity contribution in [3.8, 4) is 0 Å². The average molecular weight is 287 g/mol. The molecule has 0 aliphatic rings. The minimum absolute atomic E-state index is 0.353. The summed E-state index contributed by atoms with van der Waals surface area (Å²) in [4.78, 5) is 4.07. The summed E-state index contributed by atoms with van der Waals surface area (Å²) < 4.78 is 16.1. The number of alkyl halides is 1. The predicted molar refractivity (Wildman–Crippen MR) is 78.6 cm³/mol. The van der Waals surface area contributed by atoms with E-state index < -0.39 is 11.4 Å². The van der Waals surface area contributed by atoms with E-state index in [1.807, 2.05) is 32.9 Å². The highest BCUT2D eigenvalue weighted by atomic mass is 35.5. The molecule has 0 fully saturated rings. The topological polar surface area (TPSA) is 48.3 Å². The van der Waals surface area contributed by atoms with Crippen molar-refractivity contribution in [3.05, 3.63) is 30.1 Å². The molecule has 5 heteroatoms. The third-order valence-corrected chi connectivity index (χ3v) is 3.96. The lowest BCUT2D eigenvalue weighted by Crippen LogP contribution is -2.27. The smallest absolute Gasteiger partial charge is 0.144 e. The first kappa shape index (κ1) is 15.5. The standard InChI is InChI=1S/C13H19ClN2OS/c1-13(2,3)18(17)16-12(7-4-8-14)11-6-5-9-15-10-11/h5-6,9-10H,4,7-8H2,1-3H3. The van der Waals surface area contributed by atoms with E-state index in [2.05, 4.69) is 9.38 Å². The second-order valence-corrected chi connectivity index (χ2v) is 7.22. The van der Waals surface area contributed by atoms with Crippen LogP contribution in [-0.2, 0) is 11.4 Å². The van der Waals surface area contributed by atoms with Crippen LogP contribution in [0.1, 0.15) is 39.2 Å². The van der Waals surface area contributed by atoms with Gasteiger partial charge in [-0.15, -0.1) is 11.6 Å². The fourth-order valence-corrected chi connectivity index (χ4v) is 2.05. The van der Waals surface area contributed by atoms with Gasteiger partial charge in [-0.1, -0.05) is 4.40 Å². The minimum atomic E-state index is -1.25. The number of rotatable bonds is 5. The summed E-state index contributed by atoms with van der Waals surface area (Å²) in [6.45, 7) is 5.74. The molecule has 0 saturated heterocycles. The van der Waals surface area contributed by atoms with Crippen molar-refractivity contribution in [1.29, 1.82) is 0 Å². The van der Waals surface area contributed by atoms with Crippen molar-refractivity contribution in [3.63, 3.8) is 0 Å². The molecular weight excluding hydrogens is 268 g/mol. The lowest BCUT2D eigenvalue weighted by Gasteiger charge is -2.19. The Morgan fingerprint density at radius 2 is 2.22 bits per heavy atom. The summed E-state index contributed by atoms with van der Waals surface area (Å²) >= 11 is 4.46. The minimum Gasteiger partial charge on any atom is -0.591 e. The lowest BCUT2D eigenvalue weighted by atomic mass is 10.1. The van der Waals surface area contributed by atoms with Crippen molar-refractivity contribution < 1.29 is 4.55 Å². The van der Waals surface area contributed by atoms with Gasteiger partial charge in [0.2, 0.25) is 0 Å². The van der Waals surface area contributed by atoms with Crippen LogP contribution >= 0.6 is 11.6 Å².